The zero-order valence-electron chi connectivity index (χ0n) is 27.3. The third kappa shape index (κ3) is 15.4. The standard InChI is InChI=1S/C30H54N5O9P/c1-4-5-6-7-8-9-10-11-12-13-14-15-16-17-20-41-22-26(40-3)23-42-45(38,39)43-24-30(33-34-31)19-18-27(44-30)35-21-25(2)28(36)32-29(35)37/h21,26-27H,4-20,22-24H2,1-3H3,(H,38,39)(H,32,36,37). The molecule has 4 unspecified atom stereocenters. The van der Waals surface area contributed by atoms with Gasteiger partial charge in [-0.2, -0.15) is 0 Å². The van der Waals surface area contributed by atoms with E-state index in [0.29, 0.717) is 12.2 Å². The molecular formula is C30H54N5O9P. The van der Waals surface area contributed by atoms with Crippen LogP contribution in [0.25, 0.3) is 10.4 Å². The van der Waals surface area contributed by atoms with Gasteiger partial charge in [0.05, 0.1) is 19.8 Å². The molecule has 4 atom stereocenters. The van der Waals surface area contributed by atoms with Crippen LogP contribution in [0.1, 0.15) is 121 Å². The van der Waals surface area contributed by atoms with Gasteiger partial charge in [-0.05, 0) is 31.7 Å². The first kappa shape index (κ1) is 39.2. The highest BCUT2D eigenvalue weighted by Crippen LogP contribution is 2.47. The number of ether oxygens (including phenoxy) is 3. The summed E-state index contributed by atoms with van der Waals surface area (Å²) in [7, 11) is -3.13. The van der Waals surface area contributed by atoms with Gasteiger partial charge in [0.25, 0.3) is 5.56 Å². The Bertz CT molecular complexity index is 1190. The molecule has 45 heavy (non-hydrogen) atoms. The topological polar surface area (TPSA) is 187 Å². The molecule has 1 aliphatic rings. The predicted molar refractivity (Wildman–Crippen MR) is 171 cm³/mol. The summed E-state index contributed by atoms with van der Waals surface area (Å²) in [5, 5.41) is 3.64. The van der Waals surface area contributed by atoms with Crippen LogP contribution in [-0.2, 0) is 27.8 Å². The van der Waals surface area contributed by atoms with E-state index in [1.54, 1.807) is 0 Å². The molecule has 0 bridgehead atoms. The minimum absolute atomic E-state index is 0.0974. The molecule has 0 spiro atoms. The van der Waals surface area contributed by atoms with Crippen LogP contribution < -0.4 is 11.2 Å². The quantitative estimate of drug-likeness (QED) is 0.0354. The Morgan fingerprint density at radius 3 is 2.24 bits per heavy atom. The van der Waals surface area contributed by atoms with E-state index < -0.39 is 43.7 Å². The minimum Gasteiger partial charge on any atom is -0.379 e. The third-order valence-corrected chi connectivity index (χ3v) is 8.91. The van der Waals surface area contributed by atoms with Crippen molar-refractivity contribution in [3.63, 3.8) is 0 Å². The molecular weight excluding hydrogens is 605 g/mol. The van der Waals surface area contributed by atoms with E-state index in [-0.39, 0.29) is 26.1 Å². The summed E-state index contributed by atoms with van der Waals surface area (Å²) < 4.78 is 40.8. The lowest BCUT2D eigenvalue weighted by Crippen LogP contribution is -2.36. The fraction of sp³-hybridized carbons (Fsp3) is 0.867. The van der Waals surface area contributed by atoms with Crippen LogP contribution in [0.2, 0.25) is 0 Å². The van der Waals surface area contributed by atoms with Crippen molar-refractivity contribution >= 4 is 7.82 Å². The van der Waals surface area contributed by atoms with Crippen molar-refractivity contribution < 1.29 is 32.7 Å². The molecule has 1 saturated heterocycles. The lowest BCUT2D eigenvalue weighted by atomic mass is 10.0. The molecule has 2 rings (SSSR count). The van der Waals surface area contributed by atoms with Gasteiger partial charge in [-0.25, -0.2) is 9.36 Å². The van der Waals surface area contributed by atoms with Gasteiger partial charge in [-0.3, -0.25) is 23.4 Å². The van der Waals surface area contributed by atoms with Crippen molar-refractivity contribution in [3.8, 4) is 0 Å². The number of aromatic nitrogens is 2. The van der Waals surface area contributed by atoms with E-state index in [9.17, 15) is 19.0 Å². The number of hydrogen-bond donors (Lipinski definition) is 2. The number of hydrogen-bond acceptors (Lipinski definition) is 9. The van der Waals surface area contributed by atoms with Gasteiger partial charge in [0.15, 0.2) is 5.72 Å². The Labute approximate surface area is 266 Å². The number of nitrogens with one attached hydrogen (secondary N) is 1. The van der Waals surface area contributed by atoms with E-state index in [1.807, 2.05) is 0 Å². The first-order valence-electron chi connectivity index (χ1n) is 16.4. The van der Waals surface area contributed by atoms with Gasteiger partial charge in [0.2, 0.25) is 0 Å². The van der Waals surface area contributed by atoms with Crippen molar-refractivity contribution in [3.05, 3.63) is 43.0 Å². The second-order valence-corrected chi connectivity index (χ2v) is 13.2. The molecule has 1 aromatic heterocycles. The maximum atomic E-state index is 12.6. The number of aromatic amines is 1. The zero-order valence-corrected chi connectivity index (χ0v) is 28.2. The van der Waals surface area contributed by atoms with Crippen LogP contribution in [-0.4, -0.2) is 59.8 Å². The van der Waals surface area contributed by atoms with Crippen LogP contribution in [0.15, 0.2) is 20.9 Å². The number of unbranched alkanes of at least 4 members (excludes halogenated alkanes) is 13. The van der Waals surface area contributed by atoms with Crippen molar-refractivity contribution in [2.45, 2.75) is 135 Å². The average molecular weight is 660 g/mol. The van der Waals surface area contributed by atoms with Gasteiger partial charge in [0, 0.05) is 30.4 Å². The van der Waals surface area contributed by atoms with Crippen LogP contribution >= 0.6 is 7.82 Å². The third-order valence-electron chi connectivity index (χ3n) is 7.98. The molecule has 0 amide bonds. The summed E-state index contributed by atoms with van der Waals surface area (Å²) in [5.41, 5.74) is 6.50. The Balaban J connectivity index is 1.61. The SMILES string of the molecule is CCCCCCCCCCCCCCCCOCC(COP(=O)(O)OCC1(N=[N+]=[N-])CCC(n2cc(C)c(=O)[nH]c2=O)O1)OC. The summed E-state index contributed by atoms with van der Waals surface area (Å²) in [4.78, 5) is 39.1. The summed E-state index contributed by atoms with van der Waals surface area (Å²) in [6.07, 6.45) is 18.1. The molecule has 1 aliphatic heterocycles. The molecule has 0 aromatic carbocycles. The van der Waals surface area contributed by atoms with Gasteiger partial charge in [-0.1, -0.05) is 95.5 Å². The Morgan fingerprint density at radius 2 is 1.67 bits per heavy atom. The highest BCUT2D eigenvalue weighted by Gasteiger charge is 2.43. The molecule has 0 saturated carbocycles. The van der Waals surface area contributed by atoms with E-state index in [2.05, 4.69) is 21.9 Å². The molecule has 2 heterocycles. The molecule has 15 heteroatoms. The Morgan fingerprint density at radius 1 is 1.07 bits per heavy atom. The number of azide groups is 1. The molecule has 2 N–H and O–H groups in total. The normalized spacial score (nSPS) is 20.1. The number of aryl methyl sites for hydroxylation is 1. The van der Waals surface area contributed by atoms with Crippen LogP contribution in [0.4, 0.5) is 0 Å². The predicted octanol–water partition coefficient (Wildman–Crippen LogP) is 6.81. The lowest BCUT2D eigenvalue weighted by molar-refractivity contribution is -0.0958. The van der Waals surface area contributed by atoms with Gasteiger partial charge >= 0.3 is 13.5 Å². The number of phosphoric ester groups is 1. The smallest absolute Gasteiger partial charge is 0.379 e. The first-order valence-corrected chi connectivity index (χ1v) is 17.9. The van der Waals surface area contributed by atoms with Crippen molar-refractivity contribution in [2.24, 2.45) is 5.11 Å². The number of phosphoric acid groups is 1. The maximum Gasteiger partial charge on any atom is 0.472 e. The minimum atomic E-state index is -4.58. The molecule has 0 aliphatic carbocycles. The molecule has 1 aromatic rings. The average Bonchev–Trinajstić information content (AvgIpc) is 3.43. The van der Waals surface area contributed by atoms with Crippen molar-refractivity contribution in [1.29, 1.82) is 0 Å². The zero-order chi connectivity index (χ0) is 33.0. The van der Waals surface area contributed by atoms with Crippen molar-refractivity contribution in [2.75, 3.05) is 33.5 Å². The molecule has 258 valence electrons. The van der Waals surface area contributed by atoms with Crippen LogP contribution in [0, 0.1) is 6.92 Å². The maximum absolute atomic E-state index is 12.6. The van der Waals surface area contributed by atoms with Crippen LogP contribution in [0.3, 0.4) is 0 Å². The van der Waals surface area contributed by atoms with Gasteiger partial charge < -0.3 is 19.1 Å². The fourth-order valence-electron chi connectivity index (χ4n) is 5.20. The first-order chi connectivity index (χ1) is 21.6. The second-order valence-electron chi connectivity index (χ2n) is 11.8. The summed E-state index contributed by atoms with van der Waals surface area (Å²) in [6.45, 7) is 3.69. The summed E-state index contributed by atoms with van der Waals surface area (Å²) >= 11 is 0. The Kier molecular flexibility index (Phi) is 18.9. The second kappa shape index (κ2) is 21.7. The number of rotatable bonds is 26. The molecule has 1 fully saturated rings. The molecule has 14 nitrogen and oxygen atoms in total. The highest BCUT2D eigenvalue weighted by molar-refractivity contribution is 7.47. The largest absolute Gasteiger partial charge is 0.472 e. The number of nitrogens with zero attached hydrogens (tertiary/aromatic N) is 4. The lowest BCUT2D eigenvalue weighted by Gasteiger charge is -2.25. The Hall–Kier alpha value is -2.02. The number of H-pyrrole nitrogens is 1. The van der Waals surface area contributed by atoms with E-state index >= 15 is 0 Å². The monoisotopic (exact) mass is 659 g/mol. The number of methoxy groups -OCH3 is 1. The van der Waals surface area contributed by atoms with E-state index in [4.69, 9.17) is 28.8 Å². The molecule has 0 radical (unpaired) electrons. The summed E-state index contributed by atoms with van der Waals surface area (Å²) in [5.74, 6) is 0. The van der Waals surface area contributed by atoms with Crippen LogP contribution in [0.5, 0.6) is 0 Å². The van der Waals surface area contributed by atoms with Gasteiger partial charge in [0.1, 0.15) is 12.3 Å². The van der Waals surface area contributed by atoms with E-state index in [0.717, 1.165) is 12.8 Å². The van der Waals surface area contributed by atoms with Crippen molar-refractivity contribution in [1.82, 2.24) is 9.55 Å². The highest BCUT2D eigenvalue weighted by atomic mass is 31.2. The van der Waals surface area contributed by atoms with Gasteiger partial charge in [-0.15, -0.1) is 0 Å². The van der Waals surface area contributed by atoms with E-state index in [1.165, 1.54) is 102 Å². The fourth-order valence-corrected chi connectivity index (χ4v) is 5.99. The summed E-state index contributed by atoms with van der Waals surface area (Å²) in [6, 6.07) is 0.